The first-order valence-corrected chi connectivity index (χ1v) is 33.5. The minimum Gasteiger partial charge on any atom is -0.508 e. The van der Waals surface area contributed by atoms with E-state index in [-0.39, 0.29) is 44.9 Å². The van der Waals surface area contributed by atoms with Crippen LogP contribution in [0.25, 0.3) is 0 Å². The molecular formula is C73H161N5O6S. The Labute approximate surface area is 539 Å². The number of imidazole rings is 1. The maximum Gasteiger partial charge on any atom is 0.303 e. The molecule has 0 saturated heterocycles. The van der Waals surface area contributed by atoms with E-state index < -0.39 is 5.97 Å². The summed E-state index contributed by atoms with van der Waals surface area (Å²) >= 11 is 1.93. The maximum atomic E-state index is 10.3. The molecule has 0 spiro atoms. The Bertz CT molecular complexity index is 1410. The lowest BCUT2D eigenvalue weighted by Crippen LogP contribution is -2.11. The number of amidine groups is 1. The second-order valence-electron chi connectivity index (χ2n) is 26.8. The average molecular weight is 1240 g/mol. The number of carbonyl (C=O) groups excluding carboxylic acids is 1. The van der Waals surface area contributed by atoms with Gasteiger partial charge in [-0.15, -0.1) is 0 Å². The molecule has 2 rings (SSSR count). The number of ketones is 1. The number of rotatable bonds is 18. The van der Waals surface area contributed by atoms with Crippen LogP contribution in [0.2, 0.25) is 0 Å². The molecule has 0 fully saturated rings. The number of carboxylic acid groups (broad SMARTS) is 1. The lowest BCUT2D eigenvalue weighted by molar-refractivity contribution is -0.137. The van der Waals surface area contributed by atoms with Crippen molar-refractivity contribution in [2.24, 2.45) is 88.4 Å². The van der Waals surface area contributed by atoms with Crippen molar-refractivity contribution in [3.63, 3.8) is 0 Å². The van der Waals surface area contributed by atoms with Crippen molar-refractivity contribution in [1.82, 2.24) is 9.97 Å². The number of aliphatic hydroxyl groups is 2. The van der Waals surface area contributed by atoms with Crippen molar-refractivity contribution < 1.29 is 30.0 Å². The van der Waals surface area contributed by atoms with Gasteiger partial charge in [0.2, 0.25) is 0 Å². The fourth-order valence-corrected chi connectivity index (χ4v) is 4.58. The molecule has 0 aliphatic carbocycles. The fraction of sp³-hybridized carbons (Fsp3) is 0.836. The third-order valence-corrected chi connectivity index (χ3v) is 11.1. The van der Waals surface area contributed by atoms with Crippen molar-refractivity contribution in [3.05, 3.63) is 48.0 Å². The number of benzene rings is 1. The van der Waals surface area contributed by atoms with Crippen LogP contribution in [0, 0.1) is 82.3 Å². The lowest BCUT2D eigenvalue weighted by atomic mass is 9.96. The molecule has 2 aromatic rings. The first kappa shape index (κ1) is 113. The zero-order chi connectivity index (χ0) is 68.6. The monoisotopic (exact) mass is 1240 g/mol. The van der Waals surface area contributed by atoms with E-state index in [0.717, 1.165) is 61.3 Å². The zero-order valence-corrected chi connectivity index (χ0v) is 62.6. The largest absolute Gasteiger partial charge is 0.508 e. The highest BCUT2D eigenvalue weighted by Crippen LogP contribution is 2.14. The Morgan fingerprint density at radius 1 is 0.612 bits per heavy atom. The van der Waals surface area contributed by atoms with Crippen LogP contribution >= 0.6 is 11.8 Å². The van der Waals surface area contributed by atoms with Crippen LogP contribution in [-0.2, 0) is 16.0 Å². The van der Waals surface area contributed by atoms with Gasteiger partial charge in [-0.2, -0.15) is 11.8 Å². The number of aromatic amines is 1. The number of hydrogen-bond donors (Lipinski definition) is 8. The van der Waals surface area contributed by atoms with Crippen molar-refractivity contribution in [2.75, 3.05) is 25.2 Å². The van der Waals surface area contributed by atoms with Gasteiger partial charge in [0.25, 0.3) is 0 Å². The van der Waals surface area contributed by atoms with Crippen LogP contribution in [-0.4, -0.2) is 79.2 Å². The van der Waals surface area contributed by atoms with E-state index in [2.05, 4.69) is 162 Å². The topological polar surface area (TPSA) is 220 Å². The third kappa shape index (κ3) is 161. The summed E-state index contributed by atoms with van der Waals surface area (Å²) in [6, 6.07) is 7.40. The molecule has 0 saturated carbocycles. The van der Waals surface area contributed by atoms with E-state index in [4.69, 9.17) is 37.3 Å². The Morgan fingerprint density at radius 2 is 0.965 bits per heavy atom. The van der Waals surface area contributed by atoms with Crippen LogP contribution < -0.4 is 11.5 Å². The molecule has 2 atom stereocenters. The predicted molar refractivity (Wildman–Crippen MR) is 392 cm³/mol. The minimum atomic E-state index is -0.713. The lowest BCUT2D eigenvalue weighted by Gasteiger charge is -2.10. The number of Topliss-reactive ketones (excluding diaryl/α,β-unsaturated/α-hetero) is 1. The summed E-state index contributed by atoms with van der Waals surface area (Å²) < 4.78 is 0. The number of nitrogens with two attached hydrogens (primary N) is 2. The molecule has 520 valence electrons. The van der Waals surface area contributed by atoms with Gasteiger partial charge in [-0.25, -0.2) is 4.98 Å². The molecule has 12 heteroatoms. The first-order valence-electron chi connectivity index (χ1n) is 32.1. The number of aromatic nitrogens is 2. The zero-order valence-electron chi connectivity index (χ0n) is 61.8. The second kappa shape index (κ2) is 83.1. The average Bonchev–Trinajstić information content (AvgIpc) is 3.88. The highest BCUT2D eigenvalue weighted by molar-refractivity contribution is 7.98. The molecule has 0 amide bonds. The summed E-state index contributed by atoms with van der Waals surface area (Å²) in [5.74, 6) is 10.8. The summed E-state index contributed by atoms with van der Waals surface area (Å²) in [5, 5.41) is 40.7. The number of carboxylic acids is 1. The van der Waals surface area contributed by atoms with Crippen LogP contribution in [0.4, 0.5) is 0 Å². The Morgan fingerprint density at radius 3 is 1.06 bits per heavy atom. The van der Waals surface area contributed by atoms with Gasteiger partial charge in [-0.05, 0) is 146 Å². The van der Waals surface area contributed by atoms with E-state index in [0.29, 0.717) is 53.8 Å². The standard InChI is InChI=1S/C10H14O.C7H16.C6H10N2.C6H12O.C6H14S.C6H14.C5H12N2.C5H10O2.C5H12O.C4H11N.C4H10O.C4H10.C3H8.2CH4/c1-8(2)7-9-3-5-10(11)6-4-9;1-5-7(4)6(2)3;1-5(2)6-3-7-4-8-6;1-5(2)4-6(3)7;1-6(2)4-5-7-3;1-5(2)6(3)4;2*1-4(2)3-5(6)7;1-4(2)5(3)6;2*1-4(2)3-5;1-4(2)3;1-3-2;;/h3-6,8,11H,7H2,1-2H3;6-7H,5H2,1-4H3;3-5H,1-2H3,(H,7,8);5H,4H2,1-3H3;6H,4-5H2,1-3H3;5-6H,1-4H3;4H,3H2,1-2H3,(H3,6,7);4H,3H2,1-2H3,(H,6,7);4-6H,1-3H3;4H,3,5H2,1-2H3;4-5H,3H2,1-2H3;4H,1-3H3;3H2,1-2H3;2*1H4. The third-order valence-electron chi connectivity index (χ3n) is 10.4. The number of nitrogens with zero attached hydrogens (tertiary/aromatic N) is 1. The van der Waals surface area contributed by atoms with Gasteiger partial charge in [0.05, 0.1) is 18.3 Å². The van der Waals surface area contributed by atoms with Gasteiger partial charge in [0.1, 0.15) is 11.5 Å². The highest BCUT2D eigenvalue weighted by Gasteiger charge is 2.02. The van der Waals surface area contributed by atoms with E-state index in [9.17, 15) is 9.59 Å². The SMILES string of the molecule is C.C.CC(=O)CC(C)C.CC(C)C.CC(C)C(C)C.CC(C)C(C)O.CC(C)CC(=N)N.CC(C)CC(=O)O.CC(C)CN.CC(C)CO.CC(C)Cc1ccc(O)cc1.CC(C)c1cnc[nH]1.CCC.CCC(C)C(C)C.CSCCC(C)C. The predicted octanol–water partition coefficient (Wildman–Crippen LogP) is 21.8. The number of nitrogens with one attached hydrogen (secondary N) is 2. The molecule has 0 aliphatic heterocycles. The smallest absolute Gasteiger partial charge is 0.303 e. The normalized spacial score (nSPS) is 10.4. The number of aromatic hydroxyl groups is 1. The molecule has 2 unspecified atom stereocenters. The van der Waals surface area contributed by atoms with Crippen LogP contribution in [0.5, 0.6) is 5.75 Å². The Kier molecular flexibility index (Phi) is 111. The van der Waals surface area contributed by atoms with Crippen molar-refractivity contribution in [3.8, 4) is 5.75 Å². The van der Waals surface area contributed by atoms with E-state index >= 15 is 0 Å². The van der Waals surface area contributed by atoms with Gasteiger partial charge in [-0.1, -0.05) is 254 Å². The summed E-state index contributed by atoms with van der Waals surface area (Å²) in [7, 11) is 0. The molecular weight excluding hydrogens is 1070 g/mol. The van der Waals surface area contributed by atoms with E-state index in [1.165, 1.54) is 36.3 Å². The number of H-pyrrole nitrogens is 1. The van der Waals surface area contributed by atoms with Gasteiger partial charge in [-0.3, -0.25) is 10.2 Å². The van der Waals surface area contributed by atoms with Gasteiger partial charge in [0.15, 0.2) is 0 Å². The Hall–Kier alpha value is -2.93. The van der Waals surface area contributed by atoms with Crippen LogP contribution in [0.1, 0.15) is 299 Å². The van der Waals surface area contributed by atoms with Gasteiger partial charge in [0, 0.05) is 37.8 Å². The van der Waals surface area contributed by atoms with Crippen molar-refractivity contribution in [1.29, 1.82) is 5.41 Å². The number of phenols is 1. The first-order chi connectivity index (χ1) is 37.8. The summed E-state index contributed by atoms with van der Waals surface area (Å²) in [6.45, 7) is 70.5. The van der Waals surface area contributed by atoms with E-state index in [1.807, 2.05) is 99.3 Å². The number of hydrogen-bond acceptors (Lipinski definition) is 9. The molecule has 0 radical (unpaired) electrons. The number of thioether (sulfide) groups is 1. The fourth-order valence-electron chi connectivity index (χ4n) is 3.87. The van der Waals surface area contributed by atoms with Gasteiger partial charge < -0.3 is 41.7 Å². The second-order valence-corrected chi connectivity index (χ2v) is 27.7. The van der Waals surface area contributed by atoms with E-state index in [1.54, 1.807) is 32.3 Å². The van der Waals surface area contributed by atoms with Crippen LogP contribution in [0.15, 0.2) is 36.8 Å². The molecule has 1 heterocycles. The molecule has 1 aromatic heterocycles. The number of carbonyl (C=O) groups is 2. The molecule has 85 heavy (non-hydrogen) atoms. The summed E-state index contributed by atoms with van der Waals surface area (Å²) in [5.41, 5.74) is 12.7. The van der Waals surface area contributed by atoms with Crippen LogP contribution in [0.3, 0.4) is 0 Å². The number of phenolic OH excluding ortho intramolecular Hbond substituents is 1. The Balaban J connectivity index is -0.0000000606. The highest BCUT2D eigenvalue weighted by atomic mass is 32.2. The quantitative estimate of drug-likeness (QED) is 0.0521. The summed E-state index contributed by atoms with van der Waals surface area (Å²) in [6.07, 6.45) is 12.3. The molecule has 0 aliphatic rings. The maximum absolute atomic E-state index is 10.3. The number of aliphatic carboxylic acids is 1. The summed E-state index contributed by atoms with van der Waals surface area (Å²) in [4.78, 5) is 27.0. The van der Waals surface area contributed by atoms with Gasteiger partial charge >= 0.3 is 5.97 Å². The molecule has 11 nitrogen and oxygen atoms in total. The molecule has 1 aromatic carbocycles. The molecule has 0 bridgehead atoms. The number of aliphatic hydroxyl groups excluding tert-OH is 2. The van der Waals surface area contributed by atoms with Crippen molar-refractivity contribution >= 4 is 29.4 Å². The molecule has 10 N–H and O–H groups in total. The minimum absolute atomic E-state index is 0. The van der Waals surface area contributed by atoms with Crippen molar-refractivity contribution in [2.45, 2.75) is 300 Å².